The molecule has 1 aliphatic heterocycles. The number of allylic oxidation sites excluding steroid dienone is 1. The second-order valence-electron chi connectivity index (χ2n) is 18.1. The van der Waals surface area contributed by atoms with Crippen LogP contribution in [0.2, 0.25) is 0 Å². The van der Waals surface area contributed by atoms with Gasteiger partial charge in [0.05, 0.1) is 22.7 Å². The molecule has 0 saturated heterocycles. The third-order valence-corrected chi connectivity index (χ3v) is 16.3. The standard InChI is InChI=1S/C40H59NO8/c1-24(2)25-7-8-29-31(43)9-13-36(23-42)32-10-14-35-11-4-5-12-37-28(22-41-15-6-16-48-3)18-26(34(35)30(37)19-33(44)49-37)20-39(35,46)38(32,45)21-27(17-25)40(29,36)47/h18-19,23-27,29,31-32,34,41,43,45-47H,4-17,20-22H2,1-3H3/t25-,26+,27-,29+,31+,32-,34-,35-,36+,37-,38+,39-,40+/m1/s1. The number of hydrogen-bond donors (Lipinski definition) is 5. The second-order valence-corrected chi connectivity index (χ2v) is 18.1. The van der Waals surface area contributed by atoms with Crippen molar-refractivity contribution < 1.29 is 39.5 Å². The number of aliphatic hydroxyl groups is 4. The average Bonchev–Trinajstić information content (AvgIpc) is 3.45. The molecule has 8 aliphatic rings. The van der Waals surface area contributed by atoms with Gasteiger partial charge in [0.1, 0.15) is 11.9 Å². The second kappa shape index (κ2) is 11.7. The van der Waals surface area contributed by atoms with E-state index in [2.05, 4.69) is 25.2 Å². The van der Waals surface area contributed by atoms with Crippen LogP contribution in [0.1, 0.15) is 104 Å². The number of carbonyl (C=O) groups is 2. The first-order valence-corrected chi connectivity index (χ1v) is 19.5. The van der Waals surface area contributed by atoms with E-state index in [1.54, 1.807) is 13.2 Å². The van der Waals surface area contributed by atoms with Crippen LogP contribution in [0.4, 0.5) is 0 Å². The minimum atomic E-state index is -1.61. The summed E-state index contributed by atoms with van der Waals surface area (Å²) in [6.07, 6.45) is 12.8. The van der Waals surface area contributed by atoms with E-state index in [1.165, 1.54) is 0 Å². The summed E-state index contributed by atoms with van der Waals surface area (Å²) in [7, 11) is 1.70. The van der Waals surface area contributed by atoms with Crippen molar-refractivity contribution in [3.63, 3.8) is 0 Å². The summed E-state index contributed by atoms with van der Waals surface area (Å²) >= 11 is 0. The lowest BCUT2D eigenvalue weighted by molar-refractivity contribution is -0.344. The number of fused-ring (bicyclic) bond motifs is 3. The highest BCUT2D eigenvalue weighted by Crippen LogP contribution is 2.78. The van der Waals surface area contributed by atoms with Crippen LogP contribution in [0.15, 0.2) is 23.3 Å². The predicted octanol–water partition coefficient (Wildman–Crippen LogP) is 4.01. The zero-order valence-corrected chi connectivity index (χ0v) is 29.8. The van der Waals surface area contributed by atoms with Gasteiger partial charge in [0.25, 0.3) is 0 Å². The van der Waals surface area contributed by atoms with Crippen molar-refractivity contribution in [3.05, 3.63) is 23.3 Å². The molecule has 272 valence electrons. The molecule has 0 unspecified atom stereocenters. The van der Waals surface area contributed by atoms with E-state index in [1.807, 2.05) is 0 Å². The zero-order valence-electron chi connectivity index (χ0n) is 29.8. The molecule has 6 saturated carbocycles. The summed E-state index contributed by atoms with van der Waals surface area (Å²) in [4.78, 5) is 27.0. The highest BCUT2D eigenvalue weighted by molar-refractivity contribution is 5.88. The zero-order chi connectivity index (χ0) is 34.6. The minimum Gasteiger partial charge on any atom is -0.447 e. The molecule has 0 radical (unpaired) electrons. The van der Waals surface area contributed by atoms with Crippen LogP contribution in [0, 0.1) is 52.3 Å². The lowest BCUT2D eigenvalue weighted by Gasteiger charge is -2.72. The van der Waals surface area contributed by atoms with E-state index in [-0.39, 0.29) is 30.1 Å². The van der Waals surface area contributed by atoms with Crippen molar-refractivity contribution >= 4 is 12.3 Å². The molecule has 49 heavy (non-hydrogen) atoms. The number of esters is 1. The Kier molecular flexibility index (Phi) is 8.22. The largest absolute Gasteiger partial charge is 0.447 e. The third kappa shape index (κ3) is 4.26. The Labute approximate surface area is 291 Å². The normalized spacial score (nSPS) is 51.2. The first-order chi connectivity index (χ1) is 23.4. The molecular formula is C40H59NO8. The van der Waals surface area contributed by atoms with Crippen molar-refractivity contribution in [1.29, 1.82) is 0 Å². The van der Waals surface area contributed by atoms with Gasteiger partial charge in [-0.2, -0.15) is 0 Å². The van der Waals surface area contributed by atoms with Crippen molar-refractivity contribution in [2.75, 3.05) is 26.8 Å². The third-order valence-electron chi connectivity index (χ3n) is 16.3. The van der Waals surface area contributed by atoms with Crippen LogP contribution < -0.4 is 5.32 Å². The molecule has 6 fully saturated rings. The van der Waals surface area contributed by atoms with Crippen molar-refractivity contribution in [2.24, 2.45) is 52.3 Å². The van der Waals surface area contributed by atoms with Gasteiger partial charge in [-0.05, 0) is 131 Å². The van der Waals surface area contributed by atoms with Crippen molar-refractivity contribution in [1.82, 2.24) is 5.32 Å². The number of nitrogens with one attached hydrogen (secondary N) is 1. The molecule has 1 spiro atoms. The number of ether oxygens (including phenoxy) is 2. The van der Waals surface area contributed by atoms with Gasteiger partial charge in [0.15, 0.2) is 5.60 Å². The highest BCUT2D eigenvalue weighted by atomic mass is 16.6. The molecule has 0 aromatic carbocycles. The Morgan fingerprint density at radius 3 is 2.61 bits per heavy atom. The Balaban J connectivity index is 1.26. The van der Waals surface area contributed by atoms with Gasteiger partial charge in [-0.1, -0.05) is 26.3 Å². The fraction of sp³-hybridized carbons (Fsp3) is 0.850. The maximum absolute atomic E-state index is 13.8. The molecule has 8 rings (SSSR count). The summed E-state index contributed by atoms with van der Waals surface area (Å²) in [5.74, 6) is -1.43. The predicted molar refractivity (Wildman–Crippen MR) is 182 cm³/mol. The van der Waals surface area contributed by atoms with Gasteiger partial charge in [-0.3, -0.25) is 0 Å². The maximum Gasteiger partial charge on any atom is 0.332 e. The molecule has 0 aromatic rings. The number of carbonyl (C=O) groups excluding carboxylic acids is 2. The van der Waals surface area contributed by atoms with Crippen molar-refractivity contribution in [2.45, 2.75) is 132 Å². The van der Waals surface area contributed by atoms with E-state index in [0.29, 0.717) is 70.4 Å². The Hall–Kier alpha value is -1.62. The molecule has 13 atom stereocenters. The first-order valence-electron chi connectivity index (χ1n) is 19.5. The van der Waals surface area contributed by atoms with Crippen LogP contribution in [-0.4, -0.2) is 88.0 Å². The van der Waals surface area contributed by atoms with E-state index < -0.39 is 57.1 Å². The molecular weight excluding hydrogens is 622 g/mol. The van der Waals surface area contributed by atoms with Gasteiger partial charge < -0.3 is 40.0 Å². The number of aliphatic hydroxyl groups excluding tert-OH is 1. The fourth-order valence-corrected chi connectivity index (χ4v) is 14.3. The van der Waals surface area contributed by atoms with E-state index in [9.17, 15) is 30.0 Å². The number of hydrogen-bond acceptors (Lipinski definition) is 9. The lowest BCUT2D eigenvalue weighted by Crippen LogP contribution is -2.80. The van der Waals surface area contributed by atoms with Gasteiger partial charge in [0.2, 0.25) is 0 Å². The van der Waals surface area contributed by atoms with Crippen LogP contribution >= 0.6 is 0 Å². The van der Waals surface area contributed by atoms with Crippen LogP contribution in [0.3, 0.4) is 0 Å². The Morgan fingerprint density at radius 2 is 1.86 bits per heavy atom. The first kappa shape index (κ1) is 34.5. The summed E-state index contributed by atoms with van der Waals surface area (Å²) in [6.45, 7) is 6.40. The average molecular weight is 682 g/mol. The van der Waals surface area contributed by atoms with E-state index in [4.69, 9.17) is 9.47 Å². The van der Waals surface area contributed by atoms with Crippen molar-refractivity contribution in [3.8, 4) is 0 Å². The topological polar surface area (TPSA) is 146 Å². The van der Waals surface area contributed by atoms with Gasteiger partial charge in [0, 0.05) is 43.6 Å². The quantitative estimate of drug-likeness (QED) is 0.111. The Bertz CT molecular complexity index is 1430. The van der Waals surface area contributed by atoms with Gasteiger partial charge in [-0.25, -0.2) is 4.79 Å². The number of rotatable bonds is 8. The smallest absolute Gasteiger partial charge is 0.332 e. The molecule has 1 heterocycles. The molecule has 0 amide bonds. The van der Waals surface area contributed by atoms with Gasteiger partial charge >= 0.3 is 5.97 Å². The van der Waals surface area contributed by atoms with E-state index in [0.717, 1.165) is 56.1 Å². The molecule has 5 N–H and O–H groups in total. The SMILES string of the molecule is COCCCNCC1=C[C@H]2C[C@@]3(O)[C@]4(CCCC[C@@]15OC(=O)C=C5[C@@H]24)CC[C@H]1[C@@]3(O)C[C@H]2C[C@H](C(C)C)CC[C@H]3[C@@H](O)CC[C@@]1(C=O)[C@]23O. The van der Waals surface area contributed by atoms with Crippen LogP contribution in [0.5, 0.6) is 0 Å². The molecule has 2 bridgehead atoms. The minimum absolute atomic E-state index is 0.0954. The summed E-state index contributed by atoms with van der Waals surface area (Å²) in [5.41, 5.74) is -5.35. The summed E-state index contributed by atoms with van der Waals surface area (Å²) < 4.78 is 11.6. The van der Waals surface area contributed by atoms with Crippen LogP contribution in [-0.2, 0) is 19.1 Å². The summed E-state index contributed by atoms with van der Waals surface area (Å²) in [6, 6.07) is 0. The number of methoxy groups -OCH3 is 1. The summed E-state index contributed by atoms with van der Waals surface area (Å²) in [5, 5.41) is 55.4. The molecule has 7 aliphatic carbocycles. The highest BCUT2D eigenvalue weighted by Gasteiger charge is 2.83. The molecule has 9 heteroatoms. The molecule has 0 aromatic heterocycles. The Morgan fingerprint density at radius 1 is 1.06 bits per heavy atom. The molecule has 9 nitrogen and oxygen atoms in total. The number of aldehydes is 1. The fourth-order valence-electron chi connectivity index (χ4n) is 14.3. The lowest BCUT2D eigenvalue weighted by atomic mass is 9.35. The monoisotopic (exact) mass is 681 g/mol. The van der Waals surface area contributed by atoms with Gasteiger partial charge in [-0.15, -0.1) is 0 Å². The van der Waals surface area contributed by atoms with Crippen LogP contribution in [0.25, 0.3) is 0 Å². The van der Waals surface area contributed by atoms with E-state index >= 15 is 0 Å². The maximum atomic E-state index is 13.8.